The molecule has 0 aliphatic heterocycles. The Hall–Kier alpha value is -2.40. The number of carboxylic acids is 1. The second-order valence-electron chi connectivity index (χ2n) is 4.45. The van der Waals surface area contributed by atoms with E-state index in [1.54, 1.807) is 6.92 Å². The summed E-state index contributed by atoms with van der Waals surface area (Å²) in [5.41, 5.74) is 7.61. The van der Waals surface area contributed by atoms with Crippen LogP contribution in [0.15, 0.2) is 36.5 Å². The predicted molar refractivity (Wildman–Crippen MR) is 80.8 cm³/mol. The molecule has 0 amide bonds. The molecule has 0 unspecified atom stereocenters. The molecule has 1 heterocycles. The summed E-state index contributed by atoms with van der Waals surface area (Å²) in [6, 6.07) is 9.77. The average Bonchev–Trinajstić information content (AvgIpc) is 2.44. The van der Waals surface area contributed by atoms with E-state index in [9.17, 15) is 4.79 Å². The number of halogens is 1. The van der Waals surface area contributed by atoms with Crippen LogP contribution in [0, 0.1) is 6.92 Å². The zero-order valence-corrected chi connectivity index (χ0v) is 12.1. The third kappa shape index (κ3) is 3.38. The van der Waals surface area contributed by atoms with E-state index >= 15 is 0 Å². The summed E-state index contributed by atoms with van der Waals surface area (Å²) >= 11 is 6.18. The SMILES string of the molecule is Cc1nc(C(=CN)C(=O)O)nc(Cl)c1Cc1ccccc1. The average molecular weight is 304 g/mol. The lowest BCUT2D eigenvalue weighted by Crippen LogP contribution is -2.09. The van der Waals surface area contributed by atoms with Crippen LogP contribution < -0.4 is 5.73 Å². The van der Waals surface area contributed by atoms with Gasteiger partial charge in [0.25, 0.3) is 0 Å². The van der Waals surface area contributed by atoms with Gasteiger partial charge in [0.2, 0.25) is 0 Å². The van der Waals surface area contributed by atoms with E-state index in [4.69, 9.17) is 22.4 Å². The first-order valence-electron chi connectivity index (χ1n) is 6.25. The first kappa shape index (κ1) is 15.0. The minimum absolute atomic E-state index is 0.0179. The summed E-state index contributed by atoms with van der Waals surface area (Å²) in [5.74, 6) is -1.17. The molecule has 3 N–H and O–H groups in total. The molecule has 0 radical (unpaired) electrons. The van der Waals surface area contributed by atoms with Crippen molar-refractivity contribution in [1.82, 2.24) is 9.97 Å². The first-order chi connectivity index (χ1) is 10.0. The second kappa shape index (κ2) is 6.37. The molecule has 6 heteroatoms. The number of aliphatic carboxylic acids is 1. The predicted octanol–water partition coefficient (Wildman–Crippen LogP) is 2.41. The molecule has 0 atom stereocenters. The van der Waals surface area contributed by atoms with Crippen molar-refractivity contribution in [2.75, 3.05) is 0 Å². The lowest BCUT2D eigenvalue weighted by molar-refractivity contribution is -0.130. The maximum atomic E-state index is 11.1. The van der Waals surface area contributed by atoms with Crippen LogP contribution in [0.4, 0.5) is 0 Å². The van der Waals surface area contributed by atoms with Crippen LogP contribution in [-0.4, -0.2) is 21.0 Å². The van der Waals surface area contributed by atoms with Crippen LogP contribution in [0.5, 0.6) is 0 Å². The zero-order chi connectivity index (χ0) is 15.4. The van der Waals surface area contributed by atoms with Crippen molar-refractivity contribution in [1.29, 1.82) is 0 Å². The molecule has 0 bridgehead atoms. The molecule has 0 saturated carbocycles. The number of nitrogens with zero attached hydrogens (tertiary/aromatic N) is 2. The molecule has 21 heavy (non-hydrogen) atoms. The molecule has 1 aromatic carbocycles. The summed E-state index contributed by atoms with van der Waals surface area (Å²) < 4.78 is 0. The third-order valence-electron chi connectivity index (χ3n) is 3.03. The highest BCUT2D eigenvalue weighted by Gasteiger charge is 2.17. The van der Waals surface area contributed by atoms with E-state index in [0.717, 1.165) is 17.3 Å². The number of aromatic nitrogens is 2. The Morgan fingerprint density at radius 2 is 2.00 bits per heavy atom. The summed E-state index contributed by atoms with van der Waals surface area (Å²) in [5, 5.41) is 9.28. The number of nitrogens with two attached hydrogens (primary N) is 1. The number of benzene rings is 1. The van der Waals surface area contributed by atoms with Gasteiger partial charge in [-0.25, -0.2) is 14.8 Å². The van der Waals surface area contributed by atoms with Gasteiger partial charge < -0.3 is 10.8 Å². The Morgan fingerprint density at radius 1 is 1.33 bits per heavy atom. The van der Waals surface area contributed by atoms with Crippen molar-refractivity contribution in [3.63, 3.8) is 0 Å². The van der Waals surface area contributed by atoms with Crippen LogP contribution in [-0.2, 0) is 11.2 Å². The monoisotopic (exact) mass is 303 g/mol. The number of rotatable bonds is 4. The third-order valence-corrected chi connectivity index (χ3v) is 3.34. The smallest absolute Gasteiger partial charge is 0.341 e. The fourth-order valence-electron chi connectivity index (χ4n) is 1.92. The van der Waals surface area contributed by atoms with E-state index in [1.807, 2.05) is 30.3 Å². The number of carbonyl (C=O) groups is 1. The van der Waals surface area contributed by atoms with Crippen molar-refractivity contribution < 1.29 is 9.90 Å². The Labute approximate surface area is 127 Å². The summed E-state index contributed by atoms with van der Waals surface area (Å²) in [7, 11) is 0. The molecule has 0 spiro atoms. The van der Waals surface area contributed by atoms with Crippen molar-refractivity contribution in [3.8, 4) is 0 Å². The Morgan fingerprint density at radius 3 is 2.52 bits per heavy atom. The highest BCUT2D eigenvalue weighted by Crippen LogP contribution is 2.22. The maximum absolute atomic E-state index is 11.1. The van der Waals surface area contributed by atoms with Gasteiger partial charge in [-0.2, -0.15) is 0 Å². The zero-order valence-electron chi connectivity index (χ0n) is 11.4. The number of carboxylic acid groups (broad SMARTS) is 1. The van der Waals surface area contributed by atoms with Gasteiger partial charge >= 0.3 is 5.97 Å². The molecule has 0 aliphatic carbocycles. The standard InChI is InChI=1S/C15H14ClN3O2/c1-9-11(7-10-5-3-2-4-6-10)13(16)19-14(18-9)12(8-17)15(20)21/h2-6,8H,7,17H2,1H3,(H,20,21). The second-order valence-corrected chi connectivity index (χ2v) is 4.81. The van der Waals surface area contributed by atoms with Crippen LogP contribution >= 0.6 is 11.6 Å². The largest absolute Gasteiger partial charge is 0.477 e. The molecule has 0 fully saturated rings. The first-order valence-corrected chi connectivity index (χ1v) is 6.63. The summed E-state index contributed by atoms with van der Waals surface area (Å²) in [6.45, 7) is 1.77. The van der Waals surface area contributed by atoms with Crippen LogP contribution in [0.25, 0.3) is 5.57 Å². The van der Waals surface area contributed by atoms with Gasteiger partial charge in [-0.15, -0.1) is 0 Å². The number of aryl methyl sites for hydroxylation is 1. The van der Waals surface area contributed by atoms with Gasteiger partial charge in [-0.05, 0) is 12.5 Å². The molecule has 2 rings (SSSR count). The van der Waals surface area contributed by atoms with Gasteiger partial charge in [0.05, 0.1) is 0 Å². The Balaban J connectivity index is 2.40. The fourth-order valence-corrected chi connectivity index (χ4v) is 2.21. The van der Waals surface area contributed by atoms with Gasteiger partial charge in [-0.1, -0.05) is 41.9 Å². The van der Waals surface area contributed by atoms with Crippen LogP contribution in [0.1, 0.15) is 22.6 Å². The van der Waals surface area contributed by atoms with E-state index in [0.29, 0.717) is 12.1 Å². The molecule has 108 valence electrons. The van der Waals surface area contributed by atoms with Crippen molar-refractivity contribution in [2.45, 2.75) is 13.3 Å². The van der Waals surface area contributed by atoms with Crippen molar-refractivity contribution in [2.24, 2.45) is 5.73 Å². The van der Waals surface area contributed by atoms with E-state index < -0.39 is 5.97 Å². The van der Waals surface area contributed by atoms with Crippen LogP contribution in [0.3, 0.4) is 0 Å². The molecular formula is C15H14ClN3O2. The van der Waals surface area contributed by atoms with Crippen molar-refractivity contribution in [3.05, 3.63) is 64.3 Å². The highest BCUT2D eigenvalue weighted by molar-refractivity contribution is 6.30. The minimum Gasteiger partial charge on any atom is -0.477 e. The lowest BCUT2D eigenvalue weighted by Gasteiger charge is -2.10. The molecule has 0 saturated heterocycles. The van der Waals surface area contributed by atoms with Gasteiger partial charge in [-0.3, -0.25) is 0 Å². The minimum atomic E-state index is -1.19. The van der Waals surface area contributed by atoms with E-state index in [-0.39, 0.29) is 16.6 Å². The lowest BCUT2D eigenvalue weighted by atomic mass is 10.1. The van der Waals surface area contributed by atoms with E-state index in [2.05, 4.69) is 9.97 Å². The van der Waals surface area contributed by atoms with Crippen LogP contribution in [0.2, 0.25) is 5.15 Å². The molecule has 5 nitrogen and oxygen atoms in total. The molecule has 1 aromatic heterocycles. The molecular weight excluding hydrogens is 290 g/mol. The number of hydrogen-bond acceptors (Lipinski definition) is 4. The summed E-state index contributed by atoms with van der Waals surface area (Å²) in [4.78, 5) is 19.3. The van der Waals surface area contributed by atoms with E-state index in [1.165, 1.54) is 0 Å². The maximum Gasteiger partial charge on any atom is 0.341 e. The quantitative estimate of drug-likeness (QED) is 0.669. The van der Waals surface area contributed by atoms with Gasteiger partial charge in [0, 0.05) is 23.9 Å². The Kier molecular flexibility index (Phi) is 4.55. The van der Waals surface area contributed by atoms with Gasteiger partial charge in [0.15, 0.2) is 5.82 Å². The van der Waals surface area contributed by atoms with Gasteiger partial charge in [0.1, 0.15) is 10.7 Å². The topological polar surface area (TPSA) is 89.1 Å². The highest BCUT2D eigenvalue weighted by atomic mass is 35.5. The molecule has 2 aromatic rings. The number of hydrogen-bond donors (Lipinski definition) is 2. The fraction of sp³-hybridized carbons (Fsp3) is 0.133. The molecule has 0 aliphatic rings. The normalized spacial score (nSPS) is 11.4. The van der Waals surface area contributed by atoms with Crippen molar-refractivity contribution >= 4 is 23.1 Å². The summed E-state index contributed by atoms with van der Waals surface area (Å²) in [6.07, 6.45) is 1.55. The Bertz CT molecular complexity index is 676.